The van der Waals surface area contributed by atoms with Crippen LogP contribution in [0.4, 0.5) is 5.95 Å². The number of aromatic nitrogens is 3. The van der Waals surface area contributed by atoms with Crippen molar-refractivity contribution >= 4 is 15.8 Å². The maximum absolute atomic E-state index is 11.7. The topological polar surface area (TPSA) is 85.3 Å². The lowest BCUT2D eigenvalue weighted by molar-refractivity contribution is 0.270. The standard InChI is InChI=1S/C26H30N4O3S/c1-5-18-12-27-25(28-13-18)30-14-22-23(26(22,3)16-30)15-33-20-8-6-19(7-9-20)21-10-11-24(29-17(21)2)34(4,31)32/h6-13,22-23H,5,14-16H2,1-4H3/t22?,23-,26-/m1/s1. The van der Waals surface area contributed by atoms with Crippen molar-refractivity contribution in [3.63, 3.8) is 0 Å². The zero-order valence-corrected chi connectivity index (χ0v) is 20.8. The number of hydrogen-bond donors (Lipinski definition) is 0. The van der Waals surface area contributed by atoms with Crippen LogP contribution in [0.5, 0.6) is 5.75 Å². The number of hydrogen-bond acceptors (Lipinski definition) is 7. The van der Waals surface area contributed by atoms with E-state index in [1.807, 2.05) is 49.6 Å². The fraction of sp³-hybridized carbons (Fsp3) is 0.423. The summed E-state index contributed by atoms with van der Waals surface area (Å²) < 4.78 is 29.6. The predicted molar refractivity (Wildman–Crippen MR) is 132 cm³/mol. The summed E-state index contributed by atoms with van der Waals surface area (Å²) in [5, 5.41) is 0.0975. The molecule has 0 N–H and O–H groups in total. The molecule has 1 aromatic carbocycles. The van der Waals surface area contributed by atoms with Gasteiger partial charge in [0, 0.05) is 48.9 Å². The van der Waals surface area contributed by atoms with Crippen LogP contribution < -0.4 is 9.64 Å². The molecule has 1 aliphatic carbocycles. The molecule has 178 valence electrons. The van der Waals surface area contributed by atoms with Gasteiger partial charge < -0.3 is 9.64 Å². The highest BCUT2D eigenvalue weighted by Gasteiger charge is 2.66. The summed E-state index contributed by atoms with van der Waals surface area (Å²) in [6.45, 7) is 8.92. The van der Waals surface area contributed by atoms with Crippen LogP contribution in [-0.4, -0.2) is 49.3 Å². The monoisotopic (exact) mass is 478 g/mol. The second kappa shape index (κ2) is 8.34. The molecule has 8 heteroatoms. The van der Waals surface area contributed by atoms with Gasteiger partial charge in [0.1, 0.15) is 5.75 Å². The van der Waals surface area contributed by atoms with Crippen LogP contribution in [0.25, 0.3) is 11.1 Å². The van der Waals surface area contributed by atoms with E-state index in [4.69, 9.17) is 4.74 Å². The maximum atomic E-state index is 11.7. The van der Waals surface area contributed by atoms with Crippen LogP contribution in [0, 0.1) is 24.2 Å². The Morgan fingerprint density at radius 2 is 1.82 bits per heavy atom. The van der Waals surface area contributed by atoms with Gasteiger partial charge >= 0.3 is 0 Å². The van der Waals surface area contributed by atoms with Crippen molar-refractivity contribution < 1.29 is 13.2 Å². The highest BCUT2D eigenvalue weighted by molar-refractivity contribution is 7.90. The van der Waals surface area contributed by atoms with Gasteiger partial charge in [-0.2, -0.15) is 0 Å². The van der Waals surface area contributed by atoms with Crippen LogP contribution in [0.3, 0.4) is 0 Å². The molecule has 2 fully saturated rings. The molecule has 3 heterocycles. The number of aryl methyl sites for hydroxylation is 2. The zero-order valence-electron chi connectivity index (χ0n) is 20.0. The summed E-state index contributed by atoms with van der Waals surface area (Å²) in [6.07, 6.45) is 5.98. The maximum Gasteiger partial charge on any atom is 0.225 e. The summed E-state index contributed by atoms with van der Waals surface area (Å²) in [7, 11) is -3.32. The summed E-state index contributed by atoms with van der Waals surface area (Å²) in [6, 6.07) is 11.3. The first-order valence-corrected chi connectivity index (χ1v) is 13.5. The second-order valence-corrected chi connectivity index (χ2v) is 11.7. The lowest BCUT2D eigenvalue weighted by atomic mass is 10.0. The molecule has 0 bridgehead atoms. The second-order valence-electron chi connectivity index (χ2n) is 9.73. The van der Waals surface area contributed by atoms with E-state index in [-0.39, 0.29) is 10.4 Å². The van der Waals surface area contributed by atoms with Gasteiger partial charge in [-0.05, 0) is 60.1 Å². The smallest absolute Gasteiger partial charge is 0.225 e. The fourth-order valence-corrected chi connectivity index (χ4v) is 5.78. The van der Waals surface area contributed by atoms with Gasteiger partial charge in [-0.1, -0.05) is 26.0 Å². The van der Waals surface area contributed by atoms with E-state index in [0.717, 1.165) is 47.9 Å². The van der Waals surface area contributed by atoms with E-state index < -0.39 is 9.84 Å². The molecule has 2 aliphatic rings. The Morgan fingerprint density at radius 3 is 2.38 bits per heavy atom. The van der Waals surface area contributed by atoms with Crippen molar-refractivity contribution in [2.24, 2.45) is 17.3 Å². The third kappa shape index (κ3) is 4.15. The van der Waals surface area contributed by atoms with Crippen LogP contribution >= 0.6 is 0 Å². The molecule has 0 spiro atoms. The lowest BCUT2D eigenvalue weighted by Gasteiger charge is -2.22. The first kappa shape index (κ1) is 22.8. The summed E-state index contributed by atoms with van der Waals surface area (Å²) in [5.41, 5.74) is 3.99. The number of sulfone groups is 1. The van der Waals surface area contributed by atoms with Crippen molar-refractivity contribution in [1.82, 2.24) is 15.0 Å². The highest BCUT2D eigenvalue weighted by Crippen LogP contribution is 2.63. The van der Waals surface area contributed by atoms with Gasteiger partial charge in [0.2, 0.25) is 5.95 Å². The Morgan fingerprint density at radius 1 is 1.12 bits per heavy atom. The first-order chi connectivity index (χ1) is 16.2. The van der Waals surface area contributed by atoms with Gasteiger partial charge in [-0.3, -0.25) is 0 Å². The van der Waals surface area contributed by atoms with E-state index in [9.17, 15) is 8.42 Å². The largest absolute Gasteiger partial charge is 0.493 e. The van der Waals surface area contributed by atoms with Gasteiger partial charge in [0.15, 0.2) is 14.9 Å². The third-order valence-corrected chi connectivity index (χ3v) is 8.42. The number of benzene rings is 1. The van der Waals surface area contributed by atoms with Crippen molar-refractivity contribution in [3.8, 4) is 16.9 Å². The van der Waals surface area contributed by atoms with E-state index in [1.54, 1.807) is 6.07 Å². The van der Waals surface area contributed by atoms with Gasteiger partial charge in [0.05, 0.1) is 6.61 Å². The Bertz CT molecular complexity index is 1310. The third-order valence-electron chi connectivity index (χ3n) is 7.44. The van der Waals surface area contributed by atoms with E-state index in [2.05, 4.69) is 33.7 Å². The summed E-state index contributed by atoms with van der Waals surface area (Å²) >= 11 is 0. The molecule has 3 aromatic rings. The van der Waals surface area contributed by atoms with Crippen molar-refractivity contribution in [2.75, 3.05) is 30.9 Å². The highest BCUT2D eigenvalue weighted by atomic mass is 32.2. The molecule has 1 unspecified atom stereocenters. The number of pyridine rings is 1. The van der Waals surface area contributed by atoms with Gasteiger partial charge in [0.25, 0.3) is 0 Å². The quantitative estimate of drug-likeness (QED) is 0.508. The van der Waals surface area contributed by atoms with Crippen molar-refractivity contribution in [2.45, 2.75) is 32.2 Å². The molecule has 1 saturated carbocycles. The normalized spacial score (nSPS) is 23.6. The van der Waals surface area contributed by atoms with E-state index >= 15 is 0 Å². The average molecular weight is 479 g/mol. The Labute approximate surface area is 201 Å². The van der Waals surface area contributed by atoms with Gasteiger partial charge in [-0.25, -0.2) is 23.4 Å². The Hall–Kier alpha value is -3.00. The van der Waals surface area contributed by atoms with Crippen LogP contribution in [0.2, 0.25) is 0 Å². The SMILES string of the molecule is CCc1cnc(N2CC3[C@@H](COc4ccc(-c5ccc(S(C)(=O)=O)nc5C)cc4)[C@]3(C)C2)nc1. The van der Waals surface area contributed by atoms with Crippen molar-refractivity contribution in [1.29, 1.82) is 0 Å². The molecule has 0 radical (unpaired) electrons. The average Bonchev–Trinajstić information content (AvgIpc) is 3.18. The lowest BCUT2D eigenvalue weighted by Crippen LogP contribution is -2.29. The number of anilines is 1. The fourth-order valence-electron chi connectivity index (χ4n) is 5.17. The minimum absolute atomic E-state index is 0.0975. The summed E-state index contributed by atoms with van der Waals surface area (Å²) in [5.74, 6) is 2.80. The number of fused-ring (bicyclic) bond motifs is 1. The molecule has 2 aromatic heterocycles. The molecule has 0 amide bonds. The zero-order chi connectivity index (χ0) is 24.1. The number of piperidine rings is 1. The molecule has 7 nitrogen and oxygen atoms in total. The number of nitrogens with zero attached hydrogens (tertiary/aromatic N) is 4. The Balaban J connectivity index is 1.18. The van der Waals surface area contributed by atoms with E-state index in [1.165, 1.54) is 6.26 Å². The molecule has 3 atom stereocenters. The summed E-state index contributed by atoms with van der Waals surface area (Å²) in [4.78, 5) is 15.6. The van der Waals surface area contributed by atoms with E-state index in [0.29, 0.717) is 24.1 Å². The minimum atomic E-state index is -3.32. The predicted octanol–water partition coefficient (Wildman–Crippen LogP) is 3.96. The first-order valence-electron chi connectivity index (χ1n) is 11.7. The number of rotatable bonds is 7. The van der Waals surface area contributed by atoms with Crippen LogP contribution in [0.15, 0.2) is 53.8 Å². The van der Waals surface area contributed by atoms with Crippen LogP contribution in [-0.2, 0) is 16.3 Å². The molecule has 1 saturated heterocycles. The van der Waals surface area contributed by atoms with Crippen molar-refractivity contribution in [3.05, 3.63) is 60.0 Å². The molecule has 5 rings (SSSR count). The Kier molecular flexibility index (Phi) is 5.59. The van der Waals surface area contributed by atoms with Gasteiger partial charge in [-0.15, -0.1) is 0 Å². The minimum Gasteiger partial charge on any atom is -0.493 e. The molecular formula is C26H30N4O3S. The molecule has 1 aliphatic heterocycles. The molecular weight excluding hydrogens is 448 g/mol. The van der Waals surface area contributed by atoms with Crippen LogP contribution in [0.1, 0.15) is 25.1 Å². The molecule has 34 heavy (non-hydrogen) atoms. The number of ether oxygens (including phenoxy) is 1.